The molecule has 5 heteroatoms. The number of likely N-dealkylation sites (N-methyl/N-ethyl adjacent to an activating group) is 1. The molecule has 0 aromatic carbocycles. The van der Waals surface area contributed by atoms with Gasteiger partial charge in [0.15, 0.2) is 0 Å². The summed E-state index contributed by atoms with van der Waals surface area (Å²) in [6.45, 7) is 16.9. The predicted molar refractivity (Wildman–Crippen MR) is 91.1 cm³/mol. The fourth-order valence-electron chi connectivity index (χ4n) is 4.03. The molecule has 2 fully saturated rings. The molecular weight excluding hydrogens is 276 g/mol. The topological polar surface area (TPSA) is 38.8 Å². The maximum atomic E-state index is 12.6. The van der Waals surface area contributed by atoms with E-state index < -0.39 is 0 Å². The minimum atomic E-state index is -0.171. The van der Waals surface area contributed by atoms with Gasteiger partial charge in [0, 0.05) is 50.8 Å². The van der Waals surface area contributed by atoms with Gasteiger partial charge >= 0.3 is 6.03 Å². The van der Waals surface area contributed by atoms with Crippen molar-refractivity contribution in [2.75, 3.05) is 46.3 Å². The number of amides is 2. The Balaban J connectivity index is 1.90. The molecule has 2 saturated heterocycles. The molecule has 0 bridgehead atoms. The summed E-state index contributed by atoms with van der Waals surface area (Å²) < 4.78 is 0. The SMILES string of the molecule is CN1CCN2CCN(C(=O)NC(C)(C)CC(C)(C)C)C[C@@H]2C1. The van der Waals surface area contributed by atoms with Crippen LogP contribution in [0.5, 0.6) is 0 Å². The van der Waals surface area contributed by atoms with Gasteiger partial charge in [0.25, 0.3) is 0 Å². The first-order valence-corrected chi connectivity index (χ1v) is 8.55. The molecule has 1 atom stereocenters. The highest BCUT2D eigenvalue weighted by atomic mass is 16.2. The van der Waals surface area contributed by atoms with E-state index in [-0.39, 0.29) is 17.0 Å². The molecule has 2 amide bonds. The summed E-state index contributed by atoms with van der Waals surface area (Å²) in [6.07, 6.45) is 0.970. The van der Waals surface area contributed by atoms with Gasteiger partial charge in [-0.1, -0.05) is 20.8 Å². The standard InChI is InChI=1S/C17H34N4O/c1-16(2,3)13-17(4,5)18-15(22)21-10-9-20-8-7-19(6)11-14(20)12-21/h14H,7-13H2,1-6H3,(H,18,22)/t14-/m0/s1. The number of carbonyl (C=O) groups is 1. The molecule has 22 heavy (non-hydrogen) atoms. The van der Waals surface area contributed by atoms with Crippen molar-refractivity contribution in [3.63, 3.8) is 0 Å². The highest BCUT2D eigenvalue weighted by Crippen LogP contribution is 2.27. The third kappa shape index (κ3) is 4.85. The summed E-state index contributed by atoms with van der Waals surface area (Å²) >= 11 is 0. The largest absolute Gasteiger partial charge is 0.333 e. The van der Waals surface area contributed by atoms with E-state index in [1.165, 1.54) is 0 Å². The first kappa shape index (κ1) is 17.5. The quantitative estimate of drug-likeness (QED) is 0.846. The van der Waals surface area contributed by atoms with E-state index in [0.717, 1.165) is 45.7 Å². The first-order valence-electron chi connectivity index (χ1n) is 8.55. The number of hydrogen-bond acceptors (Lipinski definition) is 3. The van der Waals surface area contributed by atoms with Crippen LogP contribution < -0.4 is 5.32 Å². The molecule has 0 saturated carbocycles. The Morgan fingerprint density at radius 3 is 2.32 bits per heavy atom. The second-order valence-corrected chi connectivity index (χ2v) is 8.95. The van der Waals surface area contributed by atoms with Crippen LogP contribution in [0.15, 0.2) is 0 Å². The normalized spacial score (nSPS) is 25.0. The summed E-state index contributed by atoms with van der Waals surface area (Å²) in [5.41, 5.74) is 0.0391. The molecular formula is C17H34N4O. The first-order chi connectivity index (χ1) is 10.1. The average Bonchev–Trinajstić information content (AvgIpc) is 2.34. The fourth-order valence-corrected chi connectivity index (χ4v) is 4.03. The van der Waals surface area contributed by atoms with Gasteiger partial charge in [-0.15, -0.1) is 0 Å². The molecule has 1 N–H and O–H groups in total. The Kier molecular flexibility index (Phi) is 5.07. The van der Waals surface area contributed by atoms with E-state index in [9.17, 15) is 4.79 Å². The van der Waals surface area contributed by atoms with Crippen molar-refractivity contribution in [1.82, 2.24) is 20.0 Å². The highest BCUT2D eigenvalue weighted by Gasteiger charge is 2.34. The van der Waals surface area contributed by atoms with Crippen LogP contribution in [-0.2, 0) is 0 Å². The third-order valence-electron chi connectivity index (χ3n) is 4.60. The lowest BCUT2D eigenvalue weighted by Crippen LogP contribution is -2.64. The zero-order valence-electron chi connectivity index (χ0n) is 15.3. The number of rotatable bonds is 2. The van der Waals surface area contributed by atoms with Crippen molar-refractivity contribution in [2.24, 2.45) is 5.41 Å². The van der Waals surface area contributed by atoms with Gasteiger partial charge in [0.1, 0.15) is 0 Å². The van der Waals surface area contributed by atoms with E-state index in [4.69, 9.17) is 0 Å². The van der Waals surface area contributed by atoms with Crippen molar-refractivity contribution >= 4 is 6.03 Å². The molecule has 0 radical (unpaired) electrons. The molecule has 2 aliphatic heterocycles. The summed E-state index contributed by atoms with van der Waals surface area (Å²) in [6, 6.07) is 0.589. The van der Waals surface area contributed by atoms with Crippen molar-refractivity contribution in [2.45, 2.75) is 52.6 Å². The fraction of sp³-hybridized carbons (Fsp3) is 0.941. The molecule has 2 aliphatic rings. The van der Waals surface area contributed by atoms with Gasteiger partial charge in [-0.3, -0.25) is 4.90 Å². The lowest BCUT2D eigenvalue weighted by atomic mass is 9.82. The molecule has 128 valence electrons. The van der Waals surface area contributed by atoms with Gasteiger partial charge in [0.2, 0.25) is 0 Å². The molecule has 0 unspecified atom stereocenters. The average molecular weight is 310 g/mol. The minimum Gasteiger partial charge on any atom is -0.333 e. The Hall–Kier alpha value is -0.810. The molecule has 0 aromatic rings. The molecule has 0 aromatic heterocycles. The Bertz CT molecular complexity index is 402. The van der Waals surface area contributed by atoms with E-state index in [1.807, 2.05) is 4.90 Å². The number of nitrogens with one attached hydrogen (secondary N) is 1. The molecule has 5 nitrogen and oxygen atoms in total. The highest BCUT2D eigenvalue weighted by molar-refractivity contribution is 5.75. The lowest BCUT2D eigenvalue weighted by Gasteiger charge is -2.47. The number of piperazine rings is 2. The van der Waals surface area contributed by atoms with E-state index >= 15 is 0 Å². The van der Waals surface area contributed by atoms with Crippen LogP contribution in [0, 0.1) is 5.41 Å². The summed E-state index contributed by atoms with van der Waals surface area (Å²) in [7, 11) is 2.17. The van der Waals surface area contributed by atoms with Gasteiger partial charge in [0.05, 0.1) is 0 Å². The zero-order valence-corrected chi connectivity index (χ0v) is 15.3. The van der Waals surface area contributed by atoms with Crippen LogP contribution in [0.2, 0.25) is 0 Å². The summed E-state index contributed by atoms with van der Waals surface area (Å²) in [5, 5.41) is 3.24. The van der Waals surface area contributed by atoms with E-state index in [2.05, 4.69) is 56.8 Å². The van der Waals surface area contributed by atoms with Gasteiger partial charge in [-0.25, -0.2) is 4.79 Å². The van der Waals surface area contributed by atoms with Gasteiger partial charge in [-0.2, -0.15) is 0 Å². The molecule has 0 spiro atoms. The van der Waals surface area contributed by atoms with Crippen LogP contribution in [0.1, 0.15) is 41.0 Å². The predicted octanol–water partition coefficient (Wildman–Crippen LogP) is 1.84. The summed E-state index contributed by atoms with van der Waals surface area (Å²) in [5.74, 6) is 0. The summed E-state index contributed by atoms with van der Waals surface area (Å²) in [4.78, 5) is 19.5. The number of hydrogen-bond donors (Lipinski definition) is 1. The minimum absolute atomic E-state index is 0.0992. The van der Waals surface area contributed by atoms with Crippen molar-refractivity contribution < 1.29 is 4.79 Å². The zero-order chi connectivity index (χ0) is 16.5. The van der Waals surface area contributed by atoms with Crippen LogP contribution in [0.25, 0.3) is 0 Å². The maximum absolute atomic E-state index is 12.6. The third-order valence-corrected chi connectivity index (χ3v) is 4.60. The van der Waals surface area contributed by atoms with Crippen molar-refractivity contribution in [1.29, 1.82) is 0 Å². The second-order valence-electron chi connectivity index (χ2n) is 8.95. The Morgan fingerprint density at radius 1 is 1.05 bits per heavy atom. The van der Waals surface area contributed by atoms with Crippen molar-refractivity contribution in [3.05, 3.63) is 0 Å². The molecule has 2 heterocycles. The Morgan fingerprint density at radius 2 is 1.68 bits per heavy atom. The van der Waals surface area contributed by atoms with Crippen LogP contribution in [0.4, 0.5) is 4.79 Å². The number of nitrogens with zero attached hydrogens (tertiary/aromatic N) is 3. The van der Waals surface area contributed by atoms with Crippen LogP contribution in [-0.4, -0.2) is 78.6 Å². The van der Waals surface area contributed by atoms with E-state index in [1.54, 1.807) is 0 Å². The van der Waals surface area contributed by atoms with Gasteiger partial charge < -0.3 is 15.1 Å². The van der Waals surface area contributed by atoms with Crippen LogP contribution in [0.3, 0.4) is 0 Å². The maximum Gasteiger partial charge on any atom is 0.317 e. The number of carbonyl (C=O) groups excluding carboxylic acids is 1. The number of urea groups is 1. The smallest absolute Gasteiger partial charge is 0.317 e. The molecule has 0 aliphatic carbocycles. The second kappa shape index (κ2) is 6.36. The lowest BCUT2D eigenvalue weighted by molar-refractivity contribution is 0.0315. The van der Waals surface area contributed by atoms with Crippen LogP contribution >= 0.6 is 0 Å². The van der Waals surface area contributed by atoms with Crippen molar-refractivity contribution in [3.8, 4) is 0 Å². The Labute approximate surface area is 136 Å². The number of fused-ring (bicyclic) bond motifs is 1. The van der Waals surface area contributed by atoms with E-state index in [0.29, 0.717) is 6.04 Å². The van der Waals surface area contributed by atoms with Gasteiger partial charge in [-0.05, 0) is 32.7 Å². The molecule has 2 rings (SSSR count). The monoisotopic (exact) mass is 310 g/mol.